The maximum Gasteiger partial charge on any atom is 0.233 e. The minimum absolute atomic E-state index is 0.101. The van der Waals surface area contributed by atoms with Crippen LogP contribution in [0.2, 0.25) is 0 Å². The molecule has 0 spiro atoms. The van der Waals surface area contributed by atoms with Crippen molar-refractivity contribution in [3.63, 3.8) is 0 Å². The summed E-state index contributed by atoms with van der Waals surface area (Å²) in [4.78, 5) is 10.4. The van der Waals surface area contributed by atoms with Crippen LogP contribution >= 0.6 is 0 Å². The molecular formula is C4H7NO2S. The van der Waals surface area contributed by atoms with Crippen LogP contribution in [0.3, 0.4) is 0 Å². The molecule has 2 unspecified atom stereocenters. The Morgan fingerprint density at radius 1 is 1.88 bits per heavy atom. The molecule has 1 heterocycles. The van der Waals surface area contributed by atoms with E-state index < -0.39 is 10.8 Å². The van der Waals surface area contributed by atoms with Crippen molar-refractivity contribution < 1.29 is 9.00 Å². The van der Waals surface area contributed by atoms with Gasteiger partial charge in [0.1, 0.15) is 11.1 Å². The summed E-state index contributed by atoms with van der Waals surface area (Å²) < 4.78 is 10.6. The fourth-order valence-electron chi connectivity index (χ4n) is 0.588. The van der Waals surface area contributed by atoms with E-state index in [0.717, 1.165) is 0 Å². The van der Waals surface area contributed by atoms with Gasteiger partial charge in [-0.2, -0.15) is 0 Å². The molecule has 0 saturated carbocycles. The molecule has 4 heteroatoms. The van der Waals surface area contributed by atoms with Crippen molar-refractivity contribution in [1.82, 2.24) is 5.32 Å². The van der Waals surface area contributed by atoms with Crippen LogP contribution in [-0.4, -0.2) is 21.2 Å². The highest BCUT2D eigenvalue weighted by Gasteiger charge is 2.23. The van der Waals surface area contributed by atoms with Crippen LogP contribution in [0.15, 0.2) is 0 Å². The Kier molecular flexibility index (Phi) is 1.33. The fourth-order valence-corrected chi connectivity index (χ4v) is 1.44. The van der Waals surface area contributed by atoms with Crippen molar-refractivity contribution in [2.75, 3.05) is 5.75 Å². The molecule has 8 heavy (non-hydrogen) atoms. The van der Waals surface area contributed by atoms with Crippen LogP contribution in [0.1, 0.15) is 6.92 Å². The Morgan fingerprint density at radius 3 is 2.62 bits per heavy atom. The molecule has 0 aliphatic carbocycles. The van der Waals surface area contributed by atoms with E-state index in [1.807, 2.05) is 0 Å². The molecule has 0 bridgehead atoms. The first-order valence-corrected chi connectivity index (χ1v) is 3.75. The Balaban J connectivity index is 2.64. The van der Waals surface area contributed by atoms with Gasteiger partial charge in [-0.1, -0.05) is 0 Å². The average Bonchev–Trinajstić information content (AvgIpc) is 1.85. The van der Waals surface area contributed by atoms with Gasteiger partial charge in [-0.05, 0) is 6.92 Å². The van der Waals surface area contributed by atoms with Crippen molar-refractivity contribution >= 4 is 16.7 Å². The van der Waals surface area contributed by atoms with Gasteiger partial charge in [0.2, 0.25) is 5.91 Å². The topological polar surface area (TPSA) is 46.2 Å². The normalized spacial score (nSPS) is 37.4. The van der Waals surface area contributed by atoms with Crippen LogP contribution in [0, 0.1) is 0 Å². The van der Waals surface area contributed by atoms with Crippen molar-refractivity contribution in [1.29, 1.82) is 0 Å². The lowest BCUT2D eigenvalue weighted by molar-refractivity contribution is -0.118. The van der Waals surface area contributed by atoms with E-state index in [9.17, 15) is 9.00 Å². The molecule has 0 aromatic rings. The molecule has 1 fully saturated rings. The quantitative estimate of drug-likeness (QED) is 0.470. The van der Waals surface area contributed by atoms with E-state index in [1.54, 1.807) is 6.92 Å². The van der Waals surface area contributed by atoms with Crippen LogP contribution < -0.4 is 5.32 Å². The first-order valence-electron chi connectivity index (χ1n) is 2.36. The monoisotopic (exact) mass is 133 g/mol. The molecule has 1 aliphatic heterocycles. The van der Waals surface area contributed by atoms with Crippen LogP contribution in [0.25, 0.3) is 0 Å². The summed E-state index contributed by atoms with van der Waals surface area (Å²) >= 11 is 0. The van der Waals surface area contributed by atoms with E-state index in [1.165, 1.54) is 0 Å². The van der Waals surface area contributed by atoms with Gasteiger partial charge in [0, 0.05) is 0 Å². The Labute approximate surface area is 49.9 Å². The highest BCUT2D eigenvalue weighted by molar-refractivity contribution is 7.86. The molecule has 0 aromatic carbocycles. The van der Waals surface area contributed by atoms with Crippen LogP contribution in [0.5, 0.6) is 0 Å². The number of rotatable bonds is 0. The number of carbonyl (C=O) groups excluding carboxylic acids is 1. The summed E-state index contributed by atoms with van der Waals surface area (Å²) in [6.07, 6.45) is 0. The second-order valence-electron chi connectivity index (χ2n) is 1.73. The molecule has 1 amide bonds. The van der Waals surface area contributed by atoms with Gasteiger partial charge in [0.15, 0.2) is 0 Å². The molecule has 1 saturated heterocycles. The molecule has 46 valence electrons. The molecule has 3 nitrogen and oxygen atoms in total. The predicted octanol–water partition coefficient (Wildman–Crippen LogP) is -0.789. The van der Waals surface area contributed by atoms with Gasteiger partial charge in [-0.25, -0.2) is 0 Å². The summed E-state index contributed by atoms with van der Waals surface area (Å²) in [5, 5.41) is 2.39. The van der Waals surface area contributed by atoms with Crippen molar-refractivity contribution in [2.24, 2.45) is 0 Å². The van der Waals surface area contributed by atoms with Gasteiger partial charge < -0.3 is 5.32 Å². The number of hydrogen-bond donors (Lipinski definition) is 1. The van der Waals surface area contributed by atoms with Gasteiger partial charge in [-0.3, -0.25) is 9.00 Å². The Morgan fingerprint density at radius 2 is 2.50 bits per heavy atom. The highest BCUT2D eigenvalue weighted by Crippen LogP contribution is 1.98. The summed E-state index contributed by atoms with van der Waals surface area (Å²) in [7, 11) is -0.958. The zero-order valence-corrected chi connectivity index (χ0v) is 5.33. The lowest BCUT2D eigenvalue weighted by Crippen LogP contribution is -2.23. The van der Waals surface area contributed by atoms with Gasteiger partial charge in [-0.15, -0.1) is 0 Å². The predicted molar refractivity (Wildman–Crippen MR) is 30.6 cm³/mol. The van der Waals surface area contributed by atoms with E-state index in [2.05, 4.69) is 5.32 Å². The van der Waals surface area contributed by atoms with Gasteiger partial charge in [0.05, 0.1) is 10.8 Å². The van der Waals surface area contributed by atoms with Gasteiger partial charge in [0.25, 0.3) is 0 Å². The first kappa shape index (κ1) is 5.75. The Hall–Kier alpha value is -0.380. The summed E-state index contributed by atoms with van der Waals surface area (Å²) in [6, 6.07) is 0. The molecule has 2 atom stereocenters. The van der Waals surface area contributed by atoms with E-state index >= 15 is 0 Å². The smallest absolute Gasteiger partial charge is 0.233 e. The average molecular weight is 133 g/mol. The van der Waals surface area contributed by atoms with Crippen LogP contribution in [-0.2, 0) is 15.6 Å². The van der Waals surface area contributed by atoms with Crippen molar-refractivity contribution in [3.8, 4) is 0 Å². The minimum atomic E-state index is -0.958. The summed E-state index contributed by atoms with van der Waals surface area (Å²) in [5.41, 5.74) is 0. The molecule has 1 aliphatic rings. The fraction of sp³-hybridized carbons (Fsp3) is 0.750. The van der Waals surface area contributed by atoms with Crippen molar-refractivity contribution in [3.05, 3.63) is 0 Å². The number of amides is 1. The molecule has 0 aromatic heterocycles. The standard InChI is InChI=1S/C4H7NO2S/c1-3-5-4(6)2-8(3)7/h3H,2H2,1H3,(H,5,6). The molecule has 1 rings (SSSR count). The zero-order valence-electron chi connectivity index (χ0n) is 4.51. The number of hydrogen-bond acceptors (Lipinski definition) is 2. The summed E-state index contributed by atoms with van der Waals surface area (Å²) in [5.74, 6) is 0.0806. The molecule has 1 N–H and O–H groups in total. The largest absolute Gasteiger partial charge is 0.341 e. The molecule has 0 radical (unpaired) electrons. The minimum Gasteiger partial charge on any atom is -0.341 e. The van der Waals surface area contributed by atoms with Crippen LogP contribution in [0.4, 0.5) is 0 Å². The zero-order chi connectivity index (χ0) is 6.15. The third-order valence-electron chi connectivity index (χ3n) is 1.03. The maximum absolute atomic E-state index is 10.6. The van der Waals surface area contributed by atoms with E-state index in [0.29, 0.717) is 0 Å². The molecular weight excluding hydrogens is 126 g/mol. The maximum atomic E-state index is 10.6. The summed E-state index contributed by atoms with van der Waals surface area (Å²) in [6.45, 7) is 1.74. The first-order chi connectivity index (χ1) is 3.70. The number of carbonyl (C=O) groups is 1. The van der Waals surface area contributed by atoms with Gasteiger partial charge >= 0.3 is 0 Å². The van der Waals surface area contributed by atoms with E-state index in [-0.39, 0.29) is 17.0 Å². The SMILES string of the molecule is CC1NC(=O)CS1=O. The Bertz CT molecular complexity index is 145. The number of nitrogens with one attached hydrogen (secondary N) is 1. The lowest BCUT2D eigenvalue weighted by Gasteiger charge is -1.95. The van der Waals surface area contributed by atoms with E-state index in [4.69, 9.17) is 0 Å². The second kappa shape index (κ2) is 1.85. The highest BCUT2D eigenvalue weighted by atomic mass is 32.2. The van der Waals surface area contributed by atoms with Crippen molar-refractivity contribution in [2.45, 2.75) is 12.3 Å². The third kappa shape index (κ3) is 0.888. The lowest BCUT2D eigenvalue weighted by atomic mass is 10.6. The third-order valence-corrected chi connectivity index (χ3v) is 2.49. The second-order valence-corrected chi connectivity index (χ2v) is 3.49.